The molecule has 0 aliphatic carbocycles. The summed E-state index contributed by atoms with van der Waals surface area (Å²) in [5, 5.41) is 4.46. The molecule has 1 aromatic carbocycles. The molecule has 1 aliphatic heterocycles. The van der Waals surface area contributed by atoms with Gasteiger partial charge in [0.05, 0.1) is 5.69 Å². The summed E-state index contributed by atoms with van der Waals surface area (Å²) in [7, 11) is 0. The zero-order valence-corrected chi connectivity index (χ0v) is 7.71. The number of halogens is 1. The molecule has 11 heavy (non-hydrogen) atoms. The molecule has 2 rings (SSSR count). The van der Waals surface area contributed by atoms with Gasteiger partial charge in [-0.05, 0) is 24.5 Å². The lowest BCUT2D eigenvalue weighted by atomic mass is 10.0. The van der Waals surface area contributed by atoms with Gasteiger partial charge in [-0.1, -0.05) is 34.1 Å². The highest BCUT2D eigenvalue weighted by Crippen LogP contribution is 2.26. The molecule has 0 aromatic heterocycles. The number of hydrogen-bond donors (Lipinski definition) is 0. The minimum Gasteiger partial charge on any atom is -0.270 e. The van der Waals surface area contributed by atoms with Crippen LogP contribution < -0.4 is 5.32 Å². The molecule has 57 valence electrons. The minimum absolute atomic E-state index is 0.331. The van der Waals surface area contributed by atoms with Crippen molar-refractivity contribution in [2.24, 2.45) is 0 Å². The molecule has 0 N–H and O–H groups in total. The molecule has 1 atom stereocenters. The molecule has 0 saturated carbocycles. The third-order valence-electron chi connectivity index (χ3n) is 1.92. The van der Waals surface area contributed by atoms with Gasteiger partial charge in [-0.25, -0.2) is 0 Å². The van der Waals surface area contributed by atoms with Crippen LogP contribution in [0.1, 0.15) is 12.0 Å². The van der Waals surface area contributed by atoms with Crippen LogP contribution in [0.4, 0.5) is 5.69 Å². The van der Waals surface area contributed by atoms with Crippen molar-refractivity contribution in [2.75, 3.05) is 0 Å². The predicted molar refractivity (Wildman–Crippen MR) is 49.3 cm³/mol. The average Bonchev–Trinajstić information content (AvgIpc) is 2.04. The van der Waals surface area contributed by atoms with E-state index in [1.807, 2.05) is 6.07 Å². The topological polar surface area (TPSA) is 14.1 Å². The molecule has 0 saturated heterocycles. The van der Waals surface area contributed by atoms with Gasteiger partial charge < -0.3 is 0 Å². The highest BCUT2D eigenvalue weighted by molar-refractivity contribution is 9.09. The van der Waals surface area contributed by atoms with Gasteiger partial charge in [-0.15, -0.1) is 0 Å². The van der Waals surface area contributed by atoms with E-state index in [9.17, 15) is 0 Å². The third kappa shape index (κ3) is 1.41. The van der Waals surface area contributed by atoms with E-state index in [0.717, 1.165) is 18.5 Å². The molecule has 1 aromatic rings. The molecular formula is C9H9BrN. The van der Waals surface area contributed by atoms with Gasteiger partial charge in [-0.2, -0.15) is 0 Å². The summed E-state index contributed by atoms with van der Waals surface area (Å²) in [5.74, 6) is 0. The van der Waals surface area contributed by atoms with Gasteiger partial charge in [0.1, 0.15) is 4.95 Å². The lowest BCUT2D eigenvalue weighted by molar-refractivity contribution is 0.670. The third-order valence-corrected chi connectivity index (χ3v) is 2.59. The van der Waals surface area contributed by atoms with Crippen LogP contribution in [0.25, 0.3) is 0 Å². The molecule has 2 heteroatoms. The van der Waals surface area contributed by atoms with E-state index < -0.39 is 0 Å². The second kappa shape index (κ2) is 2.86. The van der Waals surface area contributed by atoms with Crippen molar-refractivity contribution < 1.29 is 0 Å². The van der Waals surface area contributed by atoms with Crippen molar-refractivity contribution in [2.45, 2.75) is 17.8 Å². The van der Waals surface area contributed by atoms with Gasteiger partial charge in [0.15, 0.2) is 0 Å². The summed E-state index contributed by atoms with van der Waals surface area (Å²) >= 11 is 3.49. The molecule has 0 spiro atoms. The fourth-order valence-corrected chi connectivity index (χ4v) is 1.79. The number of alkyl halides is 1. The van der Waals surface area contributed by atoms with Crippen LogP contribution in [-0.2, 0) is 6.42 Å². The van der Waals surface area contributed by atoms with E-state index in [1.54, 1.807) is 0 Å². The van der Waals surface area contributed by atoms with Gasteiger partial charge in [0.2, 0.25) is 0 Å². The van der Waals surface area contributed by atoms with Gasteiger partial charge >= 0.3 is 0 Å². The molecule has 1 aliphatic rings. The quantitative estimate of drug-likeness (QED) is 0.462. The molecule has 1 unspecified atom stereocenters. The molecule has 1 heterocycles. The monoisotopic (exact) mass is 210 g/mol. The van der Waals surface area contributed by atoms with Crippen molar-refractivity contribution in [3.63, 3.8) is 0 Å². The Morgan fingerprint density at radius 3 is 3.09 bits per heavy atom. The fourth-order valence-electron chi connectivity index (χ4n) is 1.34. The Labute approximate surface area is 74.9 Å². The summed E-state index contributed by atoms with van der Waals surface area (Å²) in [6.07, 6.45) is 2.27. The van der Waals surface area contributed by atoms with Crippen LogP contribution in [0, 0.1) is 0 Å². The van der Waals surface area contributed by atoms with Crippen LogP contribution in [0.15, 0.2) is 24.3 Å². The minimum atomic E-state index is 0.331. The van der Waals surface area contributed by atoms with Crippen LogP contribution >= 0.6 is 15.9 Å². The highest BCUT2D eigenvalue weighted by atomic mass is 79.9. The summed E-state index contributed by atoms with van der Waals surface area (Å²) in [4.78, 5) is 0.331. The maximum atomic E-state index is 4.46. The lowest BCUT2D eigenvalue weighted by Gasteiger charge is -2.19. The first-order chi connectivity index (χ1) is 5.36. The first-order valence-corrected chi connectivity index (χ1v) is 4.70. The van der Waals surface area contributed by atoms with Crippen LogP contribution in [0.2, 0.25) is 0 Å². The van der Waals surface area contributed by atoms with Crippen molar-refractivity contribution >= 4 is 21.6 Å². The maximum absolute atomic E-state index is 4.46. The van der Waals surface area contributed by atoms with Gasteiger partial charge in [-0.3, -0.25) is 5.32 Å². The zero-order valence-electron chi connectivity index (χ0n) is 6.13. The van der Waals surface area contributed by atoms with Crippen molar-refractivity contribution in [1.29, 1.82) is 0 Å². The largest absolute Gasteiger partial charge is 0.270 e. The van der Waals surface area contributed by atoms with Gasteiger partial charge in [0, 0.05) is 0 Å². The highest BCUT2D eigenvalue weighted by Gasteiger charge is 2.15. The number of aryl methyl sites for hydroxylation is 1. The van der Waals surface area contributed by atoms with Crippen molar-refractivity contribution in [3.05, 3.63) is 29.8 Å². The Morgan fingerprint density at radius 2 is 2.18 bits per heavy atom. The lowest BCUT2D eigenvalue weighted by Crippen LogP contribution is -2.17. The second-order valence-electron chi connectivity index (χ2n) is 2.73. The van der Waals surface area contributed by atoms with Crippen LogP contribution in [0.3, 0.4) is 0 Å². The predicted octanol–water partition coefficient (Wildman–Crippen LogP) is 2.59. The van der Waals surface area contributed by atoms with Crippen LogP contribution in [0.5, 0.6) is 0 Å². The summed E-state index contributed by atoms with van der Waals surface area (Å²) < 4.78 is 0. The number of benzene rings is 1. The van der Waals surface area contributed by atoms with Crippen molar-refractivity contribution in [1.82, 2.24) is 5.32 Å². The van der Waals surface area contributed by atoms with Crippen molar-refractivity contribution in [3.8, 4) is 0 Å². The standard InChI is InChI=1S/C9H9BrN/c10-9-6-5-7-3-1-2-4-8(7)11-9/h1-4,9H,5-6H2. The molecule has 0 amide bonds. The van der Waals surface area contributed by atoms with E-state index in [2.05, 4.69) is 39.4 Å². The van der Waals surface area contributed by atoms with E-state index in [1.165, 1.54) is 5.56 Å². The Morgan fingerprint density at radius 1 is 1.36 bits per heavy atom. The number of nitrogens with zero attached hydrogens (tertiary/aromatic N) is 1. The smallest absolute Gasteiger partial charge is 0.106 e. The molecule has 0 bridgehead atoms. The molecular weight excluding hydrogens is 202 g/mol. The second-order valence-corrected chi connectivity index (χ2v) is 3.79. The Balaban J connectivity index is 2.34. The number of rotatable bonds is 0. The first kappa shape index (κ1) is 7.17. The summed E-state index contributed by atoms with van der Waals surface area (Å²) in [5.41, 5.74) is 2.53. The zero-order chi connectivity index (χ0) is 7.68. The average molecular weight is 211 g/mol. The Hall–Kier alpha value is -0.500. The van der Waals surface area contributed by atoms with E-state index >= 15 is 0 Å². The summed E-state index contributed by atoms with van der Waals surface area (Å²) in [6, 6.07) is 8.33. The fraction of sp³-hybridized carbons (Fsp3) is 0.333. The number of hydrogen-bond acceptors (Lipinski definition) is 0. The van der Waals surface area contributed by atoms with E-state index in [4.69, 9.17) is 0 Å². The number of para-hydroxylation sites is 1. The maximum Gasteiger partial charge on any atom is 0.106 e. The first-order valence-electron chi connectivity index (χ1n) is 3.79. The SMILES string of the molecule is BrC1CCc2ccccc2[N]1. The van der Waals surface area contributed by atoms with Crippen LogP contribution in [-0.4, -0.2) is 4.95 Å². The molecule has 1 nitrogen and oxygen atoms in total. The molecule has 1 radical (unpaired) electrons. The normalized spacial score (nSPS) is 22.1. The van der Waals surface area contributed by atoms with E-state index in [-0.39, 0.29) is 0 Å². The van der Waals surface area contributed by atoms with E-state index in [0.29, 0.717) is 4.95 Å². The summed E-state index contributed by atoms with van der Waals surface area (Å²) in [6.45, 7) is 0. The molecule has 0 fully saturated rings. The van der Waals surface area contributed by atoms with Gasteiger partial charge in [0.25, 0.3) is 0 Å². The Bertz CT molecular complexity index is 259. The number of fused-ring (bicyclic) bond motifs is 1. The Kier molecular flexibility index (Phi) is 1.86.